The van der Waals surface area contributed by atoms with Crippen molar-refractivity contribution < 1.29 is 14.3 Å². The fourth-order valence-electron chi connectivity index (χ4n) is 2.56. The van der Waals surface area contributed by atoms with Crippen molar-refractivity contribution >= 4 is 17.5 Å². The highest BCUT2D eigenvalue weighted by Gasteiger charge is 2.13. The first kappa shape index (κ1) is 20.5. The van der Waals surface area contributed by atoms with E-state index in [9.17, 15) is 9.59 Å². The van der Waals surface area contributed by atoms with Gasteiger partial charge in [0.2, 0.25) is 0 Å². The number of anilines is 1. The van der Waals surface area contributed by atoms with Gasteiger partial charge in [0.05, 0.1) is 12.2 Å². The first-order valence-electron chi connectivity index (χ1n) is 9.57. The molecule has 2 rings (SSSR count). The van der Waals surface area contributed by atoms with Crippen molar-refractivity contribution in [3.05, 3.63) is 59.7 Å². The van der Waals surface area contributed by atoms with Crippen LogP contribution in [-0.4, -0.2) is 25.0 Å². The molecule has 5 heteroatoms. The van der Waals surface area contributed by atoms with Crippen LogP contribution >= 0.6 is 0 Å². The van der Waals surface area contributed by atoms with Crippen LogP contribution in [0.2, 0.25) is 0 Å². The first-order chi connectivity index (χ1) is 13.2. The van der Waals surface area contributed by atoms with Gasteiger partial charge in [0.25, 0.3) is 11.8 Å². The summed E-state index contributed by atoms with van der Waals surface area (Å²) < 4.78 is 5.77. The number of para-hydroxylation sites is 1. The standard InChI is InChI=1S/C22H28N2O3/c1-3-5-8-16-27-20-10-7-6-9-19(20)22(26)24-18-13-11-17(12-14-18)21(25)23-15-4-2/h6-7,9-14H,3-5,8,15-16H2,1-2H3,(H,23,25)(H,24,26). The minimum Gasteiger partial charge on any atom is -0.493 e. The number of benzene rings is 2. The summed E-state index contributed by atoms with van der Waals surface area (Å²) in [5, 5.41) is 5.69. The quantitative estimate of drug-likeness (QED) is 0.600. The predicted octanol–water partition coefficient (Wildman–Crippen LogP) is 4.65. The van der Waals surface area contributed by atoms with E-state index in [4.69, 9.17) is 4.74 Å². The van der Waals surface area contributed by atoms with Gasteiger partial charge in [0.15, 0.2) is 0 Å². The SMILES string of the molecule is CCCCCOc1ccccc1C(=O)Nc1ccc(C(=O)NCCC)cc1. The Morgan fingerprint density at radius 1 is 0.889 bits per heavy atom. The third-order valence-electron chi connectivity index (χ3n) is 4.08. The largest absolute Gasteiger partial charge is 0.493 e. The summed E-state index contributed by atoms with van der Waals surface area (Å²) in [5.74, 6) is 0.242. The van der Waals surface area contributed by atoms with Crippen LogP contribution in [-0.2, 0) is 0 Å². The van der Waals surface area contributed by atoms with E-state index in [-0.39, 0.29) is 11.8 Å². The maximum atomic E-state index is 12.6. The van der Waals surface area contributed by atoms with Crippen molar-refractivity contribution in [2.75, 3.05) is 18.5 Å². The minimum atomic E-state index is -0.232. The van der Waals surface area contributed by atoms with Crippen LogP contribution in [0.1, 0.15) is 60.2 Å². The highest BCUT2D eigenvalue weighted by atomic mass is 16.5. The molecule has 0 aromatic heterocycles. The van der Waals surface area contributed by atoms with E-state index in [0.717, 1.165) is 25.7 Å². The molecule has 0 unspecified atom stereocenters. The number of carbonyl (C=O) groups is 2. The average molecular weight is 368 g/mol. The molecule has 27 heavy (non-hydrogen) atoms. The summed E-state index contributed by atoms with van der Waals surface area (Å²) in [6.45, 7) is 5.39. The number of hydrogen-bond acceptors (Lipinski definition) is 3. The monoisotopic (exact) mass is 368 g/mol. The van der Waals surface area contributed by atoms with Crippen LogP contribution < -0.4 is 15.4 Å². The van der Waals surface area contributed by atoms with Crippen LogP contribution in [0.25, 0.3) is 0 Å². The van der Waals surface area contributed by atoms with Gasteiger partial charge in [-0.2, -0.15) is 0 Å². The van der Waals surface area contributed by atoms with Gasteiger partial charge in [0.1, 0.15) is 5.75 Å². The Morgan fingerprint density at radius 2 is 1.63 bits per heavy atom. The number of ether oxygens (including phenoxy) is 1. The zero-order valence-electron chi connectivity index (χ0n) is 16.1. The molecule has 2 aromatic carbocycles. The van der Waals surface area contributed by atoms with Crippen molar-refractivity contribution in [1.82, 2.24) is 5.32 Å². The molecule has 0 atom stereocenters. The molecular formula is C22H28N2O3. The second kappa shape index (κ2) is 11.0. The lowest BCUT2D eigenvalue weighted by Gasteiger charge is -2.12. The minimum absolute atomic E-state index is 0.111. The second-order valence-corrected chi connectivity index (χ2v) is 6.34. The molecule has 2 N–H and O–H groups in total. The number of carbonyl (C=O) groups excluding carboxylic acids is 2. The molecule has 2 amide bonds. The Kier molecular flexibility index (Phi) is 8.36. The van der Waals surface area contributed by atoms with E-state index >= 15 is 0 Å². The van der Waals surface area contributed by atoms with Gasteiger partial charge in [-0.25, -0.2) is 0 Å². The topological polar surface area (TPSA) is 67.4 Å². The summed E-state index contributed by atoms with van der Waals surface area (Å²) in [5.41, 5.74) is 1.70. The van der Waals surface area contributed by atoms with Crippen LogP contribution in [0.3, 0.4) is 0 Å². The molecule has 0 fully saturated rings. The third kappa shape index (κ3) is 6.44. The van der Waals surface area contributed by atoms with Gasteiger partial charge in [-0.05, 0) is 49.2 Å². The van der Waals surface area contributed by atoms with Crippen LogP contribution in [0.5, 0.6) is 5.75 Å². The summed E-state index contributed by atoms with van der Waals surface area (Å²) in [7, 11) is 0. The highest BCUT2D eigenvalue weighted by molar-refractivity contribution is 6.06. The van der Waals surface area contributed by atoms with E-state index in [1.165, 1.54) is 0 Å². The fraction of sp³-hybridized carbons (Fsp3) is 0.364. The van der Waals surface area contributed by atoms with Crippen molar-refractivity contribution in [1.29, 1.82) is 0 Å². The van der Waals surface area contributed by atoms with Crippen LogP contribution in [0.4, 0.5) is 5.69 Å². The number of hydrogen-bond donors (Lipinski definition) is 2. The lowest BCUT2D eigenvalue weighted by Crippen LogP contribution is -2.23. The summed E-state index contributed by atoms with van der Waals surface area (Å²) in [4.78, 5) is 24.5. The van der Waals surface area contributed by atoms with Gasteiger partial charge >= 0.3 is 0 Å². The molecule has 0 spiro atoms. The zero-order valence-corrected chi connectivity index (χ0v) is 16.1. The molecule has 144 valence electrons. The fourth-order valence-corrected chi connectivity index (χ4v) is 2.56. The van der Waals surface area contributed by atoms with Gasteiger partial charge < -0.3 is 15.4 Å². The molecule has 0 aliphatic rings. The lowest BCUT2D eigenvalue weighted by molar-refractivity contribution is 0.0953. The summed E-state index contributed by atoms with van der Waals surface area (Å²) in [6, 6.07) is 14.1. The smallest absolute Gasteiger partial charge is 0.259 e. The van der Waals surface area contributed by atoms with Crippen molar-refractivity contribution in [3.63, 3.8) is 0 Å². The first-order valence-corrected chi connectivity index (χ1v) is 9.57. The molecular weight excluding hydrogens is 340 g/mol. The Bertz CT molecular complexity index is 741. The summed E-state index contributed by atoms with van der Waals surface area (Å²) >= 11 is 0. The molecule has 0 aliphatic carbocycles. The van der Waals surface area contributed by atoms with E-state index in [0.29, 0.717) is 35.7 Å². The Hall–Kier alpha value is -2.82. The Balaban J connectivity index is 1.99. The Morgan fingerprint density at radius 3 is 2.33 bits per heavy atom. The van der Waals surface area contributed by atoms with Crippen molar-refractivity contribution in [2.24, 2.45) is 0 Å². The molecule has 0 heterocycles. The van der Waals surface area contributed by atoms with E-state index in [1.807, 2.05) is 25.1 Å². The number of amides is 2. The maximum Gasteiger partial charge on any atom is 0.259 e. The van der Waals surface area contributed by atoms with Crippen molar-refractivity contribution in [3.8, 4) is 5.75 Å². The van der Waals surface area contributed by atoms with Gasteiger partial charge in [0, 0.05) is 17.8 Å². The lowest BCUT2D eigenvalue weighted by atomic mass is 10.1. The molecule has 0 aliphatic heterocycles. The average Bonchev–Trinajstić information content (AvgIpc) is 2.70. The van der Waals surface area contributed by atoms with E-state index < -0.39 is 0 Å². The van der Waals surface area contributed by atoms with E-state index in [1.54, 1.807) is 30.3 Å². The van der Waals surface area contributed by atoms with E-state index in [2.05, 4.69) is 17.6 Å². The number of nitrogens with one attached hydrogen (secondary N) is 2. The molecule has 0 bridgehead atoms. The normalized spacial score (nSPS) is 10.3. The maximum absolute atomic E-state index is 12.6. The van der Waals surface area contributed by atoms with Gasteiger partial charge in [-0.1, -0.05) is 38.8 Å². The van der Waals surface area contributed by atoms with Crippen LogP contribution in [0, 0.1) is 0 Å². The zero-order chi connectivity index (χ0) is 19.5. The molecule has 2 aromatic rings. The number of rotatable bonds is 10. The van der Waals surface area contributed by atoms with Gasteiger partial charge in [-0.3, -0.25) is 9.59 Å². The summed E-state index contributed by atoms with van der Waals surface area (Å²) in [6.07, 6.45) is 4.08. The van der Waals surface area contributed by atoms with Crippen molar-refractivity contribution in [2.45, 2.75) is 39.5 Å². The molecule has 0 saturated heterocycles. The molecule has 5 nitrogen and oxygen atoms in total. The predicted molar refractivity (Wildman–Crippen MR) is 108 cm³/mol. The van der Waals surface area contributed by atoms with Gasteiger partial charge in [-0.15, -0.1) is 0 Å². The Labute approximate surface area is 161 Å². The van der Waals surface area contributed by atoms with Crippen LogP contribution in [0.15, 0.2) is 48.5 Å². The third-order valence-corrected chi connectivity index (χ3v) is 4.08. The number of unbranched alkanes of at least 4 members (excludes halogenated alkanes) is 2. The molecule has 0 radical (unpaired) electrons. The molecule has 0 saturated carbocycles. The highest BCUT2D eigenvalue weighted by Crippen LogP contribution is 2.20. The second-order valence-electron chi connectivity index (χ2n) is 6.34.